The molecule has 1 aromatic carbocycles. The number of halogens is 2. The predicted octanol–water partition coefficient (Wildman–Crippen LogP) is 3.11. The summed E-state index contributed by atoms with van der Waals surface area (Å²) in [6.07, 6.45) is 0. The van der Waals surface area contributed by atoms with Crippen LogP contribution in [0.25, 0.3) is 0 Å². The first-order valence-corrected chi connectivity index (χ1v) is 7.44. The Morgan fingerprint density at radius 3 is 2.33 bits per heavy atom. The molecule has 1 aromatic rings. The lowest BCUT2D eigenvalue weighted by atomic mass is 10.0. The fourth-order valence-electron chi connectivity index (χ4n) is 1.96. The SMILES string of the molecule is CC(=O)NC(C(=O)N(C)Cc1ccc(Cl)c(Cl)c1)C(C)C. The molecule has 0 aliphatic carbocycles. The van der Waals surface area contributed by atoms with Crippen LogP contribution in [0.15, 0.2) is 18.2 Å². The summed E-state index contributed by atoms with van der Waals surface area (Å²) in [5.74, 6) is -0.339. The van der Waals surface area contributed by atoms with Crippen molar-refractivity contribution in [1.82, 2.24) is 10.2 Å². The molecule has 0 saturated carbocycles. The van der Waals surface area contributed by atoms with Gasteiger partial charge in [0.2, 0.25) is 11.8 Å². The molecule has 0 bridgehead atoms. The van der Waals surface area contributed by atoms with E-state index in [9.17, 15) is 9.59 Å². The van der Waals surface area contributed by atoms with Gasteiger partial charge in [-0.2, -0.15) is 0 Å². The lowest BCUT2D eigenvalue weighted by Gasteiger charge is -2.26. The average molecular weight is 331 g/mol. The van der Waals surface area contributed by atoms with Gasteiger partial charge >= 0.3 is 0 Å². The number of carbonyl (C=O) groups excluding carboxylic acids is 2. The smallest absolute Gasteiger partial charge is 0.245 e. The molecule has 1 atom stereocenters. The predicted molar refractivity (Wildman–Crippen MR) is 85.4 cm³/mol. The molecule has 21 heavy (non-hydrogen) atoms. The van der Waals surface area contributed by atoms with Gasteiger partial charge in [-0.25, -0.2) is 0 Å². The minimum atomic E-state index is -0.532. The van der Waals surface area contributed by atoms with Gasteiger partial charge in [0.15, 0.2) is 0 Å². The fourth-order valence-corrected chi connectivity index (χ4v) is 2.28. The van der Waals surface area contributed by atoms with E-state index in [1.165, 1.54) is 6.92 Å². The molecule has 0 saturated heterocycles. The molecule has 0 heterocycles. The topological polar surface area (TPSA) is 49.4 Å². The number of nitrogens with one attached hydrogen (secondary N) is 1. The second-order valence-electron chi connectivity index (χ2n) is 5.36. The van der Waals surface area contributed by atoms with E-state index >= 15 is 0 Å². The van der Waals surface area contributed by atoms with Crippen LogP contribution in [0.4, 0.5) is 0 Å². The zero-order chi connectivity index (χ0) is 16.2. The van der Waals surface area contributed by atoms with Crippen molar-refractivity contribution >= 4 is 35.0 Å². The molecule has 4 nitrogen and oxygen atoms in total. The van der Waals surface area contributed by atoms with E-state index in [1.807, 2.05) is 19.9 Å². The number of benzene rings is 1. The van der Waals surface area contributed by atoms with E-state index in [-0.39, 0.29) is 17.7 Å². The Balaban J connectivity index is 2.80. The monoisotopic (exact) mass is 330 g/mol. The highest BCUT2D eigenvalue weighted by atomic mass is 35.5. The van der Waals surface area contributed by atoms with E-state index in [0.29, 0.717) is 16.6 Å². The summed E-state index contributed by atoms with van der Waals surface area (Å²) in [6.45, 7) is 5.59. The van der Waals surface area contributed by atoms with Crippen molar-refractivity contribution in [3.05, 3.63) is 33.8 Å². The Morgan fingerprint density at radius 2 is 1.86 bits per heavy atom. The van der Waals surface area contributed by atoms with Crippen molar-refractivity contribution in [2.45, 2.75) is 33.4 Å². The molecule has 6 heteroatoms. The average Bonchev–Trinajstić information content (AvgIpc) is 2.39. The van der Waals surface area contributed by atoms with Crippen LogP contribution in [0.1, 0.15) is 26.3 Å². The molecular formula is C15H20Cl2N2O2. The van der Waals surface area contributed by atoms with Gasteiger partial charge < -0.3 is 10.2 Å². The normalized spacial score (nSPS) is 12.1. The Hall–Kier alpha value is -1.26. The van der Waals surface area contributed by atoms with Gasteiger partial charge in [0, 0.05) is 20.5 Å². The quantitative estimate of drug-likeness (QED) is 0.901. The molecule has 0 fully saturated rings. The first kappa shape index (κ1) is 17.8. The summed E-state index contributed by atoms with van der Waals surface area (Å²) in [6, 6.07) is 4.72. The molecule has 1 unspecified atom stereocenters. The van der Waals surface area contributed by atoms with Crippen LogP contribution in [0.2, 0.25) is 10.0 Å². The summed E-state index contributed by atoms with van der Waals surface area (Å²) in [7, 11) is 1.70. The highest BCUT2D eigenvalue weighted by Crippen LogP contribution is 2.23. The number of likely N-dealkylation sites (N-methyl/N-ethyl adjacent to an activating group) is 1. The maximum Gasteiger partial charge on any atom is 0.245 e. The van der Waals surface area contributed by atoms with Gasteiger partial charge in [-0.1, -0.05) is 43.1 Å². The first-order chi connectivity index (χ1) is 9.72. The number of hydrogen-bond acceptors (Lipinski definition) is 2. The molecule has 116 valence electrons. The van der Waals surface area contributed by atoms with Crippen molar-refractivity contribution in [2.24, 2.45) is 5.92 Å². The molecule has 0 radical (unpaired) electrons. The molecule has 0 aromatic heterocycles. The third kappa shape index (κ3) is 5.21. The molecular weight excluding hydrogens is 311 g/mol. The van der Waals surface area contributed by atoms with Crippen LogP contribution in [0.5, 0.6) is 0 Å². The lowest BCUT2D eigenvalue weighted by molar-refractivity contribution is -0.136. The Bertz CT molecular complexity index is 532. The van der Waals surface area contributed by atoms with Crippen molar-refractivity contribution in [3.63, 3.8) is 0 Å². The van der Waals surface area contributed by atoms with Crippen LogP contribution >= 0.6 is 23.2 Å². The number of rotatable bonds is 5. The first-order valence-electron chi connectivity index (χ1n) is 6.68. The van der Waals surface area contributed by atoms with Gasteiger partial charge in [0.25, 0.3) is 0 Å². The minimum absolute atomic E-state index is 0.0117. The molecule has 0 spiro atoms. The Kier molecular flexibility index (Phi) is 6.49. The van der Waals surface area contributed by atoms with E-state index < -0.39 is 6.04 Å². The van der Waals surface area contributed by atoms with Gasteiger partial charge in [-0.05, 0) is 23.6 Å². The molecule has 1 rings (SSSR count). The van der Waals surface area contributed by atoms with Crippen LogP contribution in [0, 0.1) is 5.92 Å². The highest BCUT2D eigenvalue weighted by molar-refractivity contribution is 6.42. The Labute approximate surface area is 135 Å². The standard InChI is InChI=1S/C15H20Cl2N2O2/c1-9(2)14(18-10(3)20)15(21)19(4)8-11-5-6-12(16)13(17)7-11/h5-7,9,14H,8H2,1-4H3,(H,18,20). The molecule has 1 N–H and O–H groups in total. The highest BCUT2D eigenvalue weighted by Gasteiger charge is 2.26. The number of nitrogens with zero attached hydrogens (tertiary/aromatic N) is 1. The van der Waals surface area contributed by atoms with E-state index in [1.54, 1.807) is 24.1 Å². The second kappa shape index (κ2) is 7.66. The van der Waals surface area contributed by atoms with Crippen molar-refractivity contribution < 1.29 is 9.59 Å². The van der Waals surface area contributed by atoms with Gasteiger partial charge in [0.1, 0.15) is 6.04 Å². The van der Waals surface area contributed by atoms with E-state index in [2.05, 4.69) is 5.32 Å². The third-order valence-corrected chi connectivity index (χ3v) is 3.81. The second-order valence-corrected chi connectivity index (χ2v) is 6.18. The van der Waals surface area contributed by atoms with Crippen LogP contribution < -0.4 is 5.32 Å². The van der Waals surface area contributed by atoms with Crippen LogP contribution in [0.3, 0.4) is 0 Å². The zero-order valence-corrected chi connectivity index (χ0v) is 14.1. The molecule has 2 amide bonds. The largest absolute Gasteiger partial charge is 0.344 e. The third-order valence-electron chi connectivity index (χ3n) is 3.07. The van der Waals surface area contributed by atoms with Crippen molar-refractivity contribution in [2.75, 3.05) is 7.05 Å². The lowest BCUT2D eigenvalue weighted by Crippen LogP contribution is -2.49. The Morgan fingerprint density at radius 1 is 1.24 bits per heavy atom. The summed E-state index contributed by atoms with van der Waals surface area (Å²) in [5, 5.41) is 3.62. The summed E-state index contributed by atoms with van der Waals surface area (Å²) < 4.78 is 0. The maximum atomic E-state index is 12.4. The summed E-state index contributed by atoms with van der Waals surface area (Å²) in [4.78, 5) is 25.2. The molecule has 0 aliphatic rings. The van der Waals surface area contributed by atoms with Crippen molar-refractivity contribution in [3.8, 4) is 0 Å². The fraction of sp³-hybridized carbons (Fsp3) is 0.467. The van der Waals surface area contributed by atoms with Crippen LogP contribution in [-0.2, 0) is 16.1 Å². The van der Waals surface area contributed by atoms with E-state index in [0.717, 1.165) is 5.56 Å². The number of amides is 2. The summed E-state index contributed by atoms with van der Waals surface area (Å²) >= 11 is 11.8. The number of hydrogen-bond donors (Lipinski definition) is 1. The number of carbonyl (C=O) groups is 2. The maximum absolute atomic E-state index is 12.4. The zero-order valence-electron chi connectivity index (χ0n) is 12.6. The van der Waals surface area contributed by atoms with E-state index in [4.69, 9.17) is 23.2 Å². The van der Waals surface area contributed by atoms with Gasteiger partial charge in [-0.15, -0.1) is 0 Å². The van der Waals surface area contributed by atoms with Crippen molar-refractivity contribution in [1.29, 1.82) is 0 Å². The minimum Gasteiger partial charge on any atom is -0.344 e. The molecule has 0 aliphatic heterocycles. The van der Waals surface area contributed by atoms with Crippen LogP contribution in [-0.4, -0.2) is 29.8 Å². The summed E-state index contributed by atoms with van der Waals surface area (Å²) in [5.41, 5.74) is 0.880. The van der Waals surface area contributed by atoms with Gasteiger partial charge in [0.05, 0.1) is 10.0 Å². The van der Waals surface area contributed by atoms with Gasteiger partial charge in [-0.3, -0.25) is 9.59 Å².